The number of carbonyl (C=O) groups is 5. The molecule has 1 saturated heterocycles. The van der Waals surface area contributed by atoms with E-state index in [0.29, 0.717) is 5.69 Å². The molecule has 0 saturated carbocycles. The largest absolute Gasteiger partial charge is 0.457 e. The average molecular weight is 801 g/mol. The Morgan fingerprint density at radius 2 is 1.54 bits per heavy atom. The summed E-state index contributed by atoms with van der Waals surface area (Å²) >= 11 is 0.914. The monoisotopic (exact) mass is 800 g/mol. The highest BCUT2D eigenvalue weighted by molar-refractivity contribution is 7.84. The van der Waals surface area contributed by atoms with Crippen LogP contribution in [-0.4, -0.2) is 108 Å². The van der Waals surface area contributed by atoms with Crippen molar-refractivity contribution in [1.29, 1.82) is 0 Å². The van der Waals surface area contributed by atoms with E-state index in [1.807, 2.05) is 0 Å². The number of nitrogens with zero attached hydrogens (tertiary/aromatic N) is 6. The zero-order chi connectivity index (χ0) is 41.0. The van der Waals surface area contributed by atoms with Crippen molar-refractivity contribution in [2.45, 2.75) is 124 Å². The first-order valence-corrected chi connectivity index (χ1v) is 19.0. The first-order chi connectivity index (χ1) is 24.5. The van der Waals surface area contributed by atoms with Crippen LogP contribution in [0.4, 0.5) is 14.7 Å². The molecule has 2 aromatic heterocycles. The van der Waals surface area contributed by atoms with Crippen LogP contribution in [0.2, 0.25) is 0 Å². The van der Waals surface area contributed by atoms with Gasteiger partial charge in [-0.05, 0) is 76.2 Å². The van der Waals surface area contributed by atoms with E-state index in [0.717, 1.165) is 11.3 Å². The second-order valence-corrected chi connectivity index (χ2v) is 17.9. The topological polar surface area (TPSA) is 260 Å². The molecule has 2 atom stereocenters. The van der Waals surface area contributed by atoms with Crippen molar-refractivity contribution in [3.8, 4) is 0 Å². The minimum absolute atomic E-state index is 0.0181. The number of esters is 1. The van der Waals surface area contributed by atoms with Crippen molar-refractivity contribution in [1.82, 2.24) is 29.6 Å². The molecule has 0 aliphatic carbocycles. The van der Waals surface area contributed by atoms with Crippen LogP contribution in [0.3, 0.4) is 0 Å². The number of thiazole rings is 1. The predicted molar refractivity (Wildman–Crippen MR) is 193 cm³/mol. The number of hydrogen-bond donors (Lipinski definition) is 3. The van der Waals surface area contributed by atoms with Crippen molar-refractivity contribution in [2.75, 3.05) is 11.9 Å². The van der Waals surface area contributed by atoms with E-state index in [9.17, 15) is 36.9 Å². The maximum atomic E-state index is 13.9. The molecule has 54 heavy (non-hydrogen) atoms. The average Bonchev–Trinajstić information content (AvgIpc) is 3.61. The summed E-state index contributed by atoms with van der Waals surface area (Å²) in [5.41, 5.74) is -4.26. The van der Waals surface area contributed by atoms with Crippen LogP contribution >= 0.6 is 11.3 Å². The van der Waals surface area contributed by atoms with Crippen LogP contribution < -0.4 is 10.6 Å². The van der Waals surface area contributed by atoms with Crippen LogP contribution in [0.15, 0.2) is 16.7 Å². The summed E-state index contributed by atoms with van der Waals surface area (Å²) in [6, 6.07) is -1.29. The molecule has 0 radical (unpaired) electrons. The van der Waals surface area contributed by atoms with E-state index in [-0.39, 0.29) is 34.6 Å². The maximum absolute atomic E-state index is 13.9. The molecule has 22 heteroatoms. The van der Waals surface area contributed by atoms with Gasteiger partial charge < -0.3 is 24.4 Å². The summed E-state index contributed by atoms with van der Waals surface area (Å²) in [4.78, 5) is 74.0. The third-order valence-electron chi connectivity index (χ3n) is 6.84. The zero-order valence-corrected chi connectivity index (χ0v) is 33.7. The molecular formula is C32H48N8O12S2. The lowest BCUT2D eigenvalue weighted by molar-refractivity contribution is -0.179. The minimum atomic E-state index is -5.05. The first kappa shape index (κ1) is 43.7. The quantitative estimate of drug-likeness (QED) is 0.0618. The Morgan fingerprint density at radius 1 is 0.944 bits per heavy atom. The third-order valence-corrected chi connectivity index (χ3v) is 8.54. The third kappa shape index (κ3) is 13.0. The Kier molecular flexibility index (Phi) is 13.2. The van der Waals surface area contributed by atoms with Crippen molar-refractivity contribution in [2.24, 2.45) is 11.1 Å². The predicted octanol–water partition coefficient (Wildman–Crippen LogP) is 3.28. The molecule has 0 bridgehead atoms. The highest BCUT2D eigenvalue weighted by Gasteiger charge is 2.54. The standard InChI is InChI=1S/C32H48N8O12S2/c1-29(2,3)49-25(43)32(10,11)52-37-23(20-17-53-26(34-20)35-28(45)51-31(7,8)9)22(41)14-19-21(40(24(19)42)54(46,47)48)16-39-15-18(36-38-39)12-13-33-27(44)50-30(4,5)6/h15,17,19,21H,12-14,16H2,1-11H3,(H,33,44)(H,34,35,45)(H,46,47,48)/b37-23-/t19-,21+/m0/s1. The normalized spacial score (nSPS) is 17.0. The molecule has 2 aromatic rings. The van der Waals surface area contributed by atoms with E-state index in [2.05, 4.69) is 31.1 Å². The number of aromatic nitrogens is 4. The van der Waals surface area contributed by atoms with Crippen LogP contribution in [-0.2, 0) is 56.7 Å². The number of oxime groups is 1. The van der Waals surface area contributed by atoms with Crippen LogP contribution in [0.1, 0.15) is 94.0 Å². The van der Waals surface area contributed by atoms with Gasteiger partial charge in [-0.1, -0.05) is 10.4 Å². The fourth-order valence-electron chi connectivity index (χ4n) is 4.59. The number of amides is 3. The summed E-state index contributed by atoms with van der Waals surface area (Å²) in [5, 5.41) is 18.3. The molecule has 0 aromatic carbocycles. The van der Waals surface area contributed by atoms with Crippen molar-refractivity contribution in [3.63, 3.8) is 0 Å². The van der Waals surface area contributed by atoms with Gasteiger partial charge in [0.2, 0.25) is 11.5 Å². The van der Waals surface area contributed by atoms with Crippen molar-refractivity contribution < 1.29 is 56.0 Å². The number of nitrogens with one attached hydrogen (secondary N) is 2. The lowest BCUT2D eigenvalue weighted by Gasteiger charge is -2.43. The fraction of sp³-hybridized carbons (Fsp3) is 0.656. The molecule has 1 fully saturated rings. The molecule has 300 valence electrons. The Balaban J connectivity index is 1.86. The van der Waals surface area contributed by atoms with Gasteiger partial charge in [-0.25, -0.2) is 23.7 Å². The fourth-order valence-corrected chi connectivity index (χ4v) is 6.19. The van der Waals surface area contributed by atoms with Crippen molar-refractivity contribution in [3.05, 3.63) is 23.0 Å². The van der Waals surface area contributed by atoms with Gasteiger partial charge in [0.25, 0.3) is 0 Å². The number of carbonyl (C=O) groups excluding carboxylic acids is 5. The van der Waals surface area contributed by atoms with Gasteiger partial charge in [0.1, 0.15) is 22.5 Å². The molecule has 3 rings (SSSR count). The zero-order valence-electron chi connectivity index (χ0n) is 32.1. The van der Waals surface area contributed by atoms with E-state index in [1.54, 1.807) is 62.3 Å². The molecule has 20 nitrogen and oxygen atoms in total. The Morgan fingerprint density at radius 3 is 2.11 bits per heavy atom. The molecule has 0 unspecified atom stereocenters. The summed E-state index contributed by atoms with van der Waals surface area (Å²) in [7, 11) is -5.05. The molecule has 1 aliphatic heterocycles. The molecule has 0 spiro atoms. The highest BCUT2D eigenvalue weighted by atomic mass is 32.2. The Labute approximate surface area is 317 Å². The van der Waals surface area contributed by atoms with Crippen LogP contribution in [0.25, 0.3) is 0 Å². The highest BCUT2D eigenvalue weighted by Crippen LogP contribution is 2.34. The Hall–Kier alpha value is -4.70. The summed E-state index contributed by atoms with van der Waals surface area (Å²) in [6.07, 6.45) is -0.411. The molecule has 1 aliphatic rings. The first-order valence-electron chi connectivity index (χ1n) is 16.7. The van der Waals surface area contributed by atoms with E-state index in [4.69, 9.17) is 19.0 Å². The smallest absolute Gasteiger partial charge is 0.413 e. The van der Waals surface area contributed by atoms with Gasteiger partial charge >= 0.3 is 28.5 Å². The van der Waals surface area contributed by atoms with Crippen molar-refractivity contribution >= 4 is 62.3 Å². The second-order valence-electron chi connectivity index (χ2n) is 15.7. The van der Waals surface area contributed by atoms with Gasteiger partial charge in [-0.15, -0.1) is 16.4 Å². The minimum Gasteiger partial charge on any atom is -0.457 e. The second kappa shape index (κ2) is 16.3. The number of anilines is 1. The number of alkyl carbamates (subject to hydrolysis) is 1. The summed E-state index contributed by atoms with van der Waals surface area (Å²) in [5.74, 6) is -4.03. The van der Waals surface area contributed by atoms with Crippen LogP contribution in [0, 0.1) is 5.92 Å². The summed E-state index contributed by atoms with van der Waals surface area (Å²) < 4.78 is 51.6. The summed E-state index contributed by atoms with van der Waals surface area (Å²) in [6.45, 7) is 17.7. The molecular weight excluding hydrogens is 753 g/mol. The van der Waals surface area contributed by atoms with Crippen LogP contribution in [0.5, 0.6) is 0 Å². The molecule has 3 heterocycles. The van der Waals surface area contributed by atoms with Gasteiger partial charge in [0.15, 0.2) is 16.6 Å². The maximum Gasteiger partial charge on any atom is 0.413 e. The lowest BCUT2D eigenvalue weighted by Crippen LogP contribution is -2.64. The number of ether oxygens (including phenoxy) is 3. The number of rotatable bonds is 14. The number of ketones is 1. The Bertz CT molecular complexity index is 1870. The lowest BCUT2D eigenvalue weighted by atomic mass is 9.84. The van der Waals surface area contributed by atoms with Gasteiger partial charge in [0.05, 0.1) is 24.2 Å². The van der Waals surface area contributed by atoms with Gasteiger partial charge in [-0.2, -0.15) is 8.42 Å². The van der Waals surface area contributed by atoms with Gasteiger partial charge in [0, 0.05) is 31.0 Å². The number of β-lactam (4-membered cyclic amide) rings is 1. The van der Waals surface area contributed by atoms with E-state index < -0.39 is 86.6 Å². The number of Topliss-reactive ketones (excluding diaryl/α,β-unsaturated/α-hetero) is 1. The number of hydrogen-bond acceptors (Lipinski definition) is 16. The molecule has 3 amide bonds. The SMILES string of the molecule is CC(C)(C)OC(=O)NCCc1cn(C[C@@H]2[C@H](CC(=O)/C(=N\OC(C)(C)C(=O)OC(C)(C)C)c3csc(NC(=O)OC(C)(C)C)n3)C(=O)N2S(=O)(=O)O)nn1. The van der Waals surface area contributed by atoms with Gasteiger partial charge in [-0.3, -0.25) is 24.1 Å². The molecule has 3 N–H and O–H groups in total. The van der Waals surface area contributed by atoms with E-state index >= 15 is 0 Å². The van der Waals surface area contributed by atoms with E-state index in [1.165, 1.54) is 30.1 Å².